The van der Waals surface area contributed by atoms with Crippen LogP contribution < -0.4 is 15.6 Å². The van der Waals surface area contributed by atoms with Gasteiger partial charge in [-0.25, -0.2) is 9.97 Å². The number of aromatic nitrogens is 3. The van der Waals surface area contributed by atoms with E-state index in [9.17, 15) is 9.59 Å². The smallest absolute Gasteiger partial charge is 0.281 e. The Morgan fingerprint density at radius 2 is 1.75 bits per heavy atom. The number of fused-ring (bicyclic) bond motifs is 1. The highest BCUT2D eigenvalue weighted by Crippen LogP contribution is 2.27. The number of carbonyl (C=O) groups is 2. The maximum Gasteiger partial charge on any atom is 0.281 e. The Kier molecular flexibility index (Phi) is 6.46. The molecule has 2 N–H and O–H groups in total. The van der Waals surface area contributed by atoms with Crippen molar-refractivity contribution in [3.05, 3.63) is 107 Å². The van der Waals surface area contributed by atoms with E-state index in [1.165, 1.54) is 11.3 Å². The summed E-state index contributed by atoms with van der Waals surface area (Å²) >= 11 is 1.28. The van der Waals surface area contributed by atoms with Crippen LogP contribution in [-0.4, -0.2) is 26.2 Å². The predicted molar refractivity (Wildman–Crippen MR) is 138 cm³/mol. The van der Waals surface area contributed by atoms with Crippen LogP contribution in [0.15, 0.2) is 79.1 Å². The second-order valence-electron chi connectivity index (χ2n) is 8.18. The quantitative estimate of drug-likeness (QED) is 0.331. The van der Waals surface area contributed by atoms with Crippen molar-refractivity contribution in [3.8, 4) is 16.3 Å². The van der Waals surface area contributed by atoms with E-state index in [0.29, 0.717) is 21.9 Å². The summed E-state index contributed by atoms with van der Waals surface area (Å²) in [6.07, 6.45) is 3.85. The molecule has 0 aliphatic carbocycles. The van der Waals surface area contributed by atoms with Crippen molar-refractivity contribution in [2.75, 3.05) is 0 Å². The fourth-order valence-corrected chi connectivity index (χ4v) is 4.68. The number of imidazole rings is 1. The highest BCUT2D eigenvalue weighted by Gasteiger charge is 2.17. The summed E-state index contributed by atoms with van der Waals surface area (Å²) in [7, 11) is 0. The third-order valence-electron chi connectivity index (χ3n) is 5.52. The van der Waals surface area contributed by atoms with Gasteiger partial charge in [0.25, 0.3) is 11.8 Å². The largest absolute Gasteiger partial charge is 0.487 e. The number of ether oxygens (including phenoxy) is 1. The lowest BCUT2D eigenvalue weighted by Gasteiger charge is -2.09. The molecule has 5 aromatic rings. The summed E-state index contributed by atoms with van der Waals surface area (Å²) in [6, 6.07) is 20.4. The van der Waals surface area contributed by atoms with E-state index >= 15 is 0 Å². The number of hydrogen-bond acceptors (Lipinski definition) is 6. The average molecular weight is 498 g/mol. The van der Waals surface area contributed by atoms with Crippen LogP contribution in [-0.2, 0) is 6.61 Å². The molecule has 0 saturated carbocycles. The molecular weight excluding hydrogens is 474 g/mol. The molecule has 0 spiro atoms. The summed E-state index contributed by atoms with van der Waals surface area (Å²) in [6.45, 7) is 4.04. The first kappa shape index (κ1) is 23.3. The maximum atomic E-state index is 12.7. The Bertz CT molecular complexity index is 1560. The van der Waals surface area contributed by atoms with Gasteiger partial charge in [-0.2, -0.15) is 0 Å². The van der Waals surface area contributed by atoms with Crippen LogP contribution in [0.25, 0.3) is 16.2 Å². The molecule has 0 saturated heterocycles. The molecule has 36 heavy (non-hydrogen) atoms. The second kappa shape index (κ2) is 10.0. The SMILES string of the molecule is Cc1nc(-c2ccccc2)sc1C(=O)NNC(=O)c1cccc(OCc2cn3cccc(C)c3n2)c1. The topological polar surface area (TPSA) is 97.6 Å². The summed E-state index contributed by atoms with van der Waals surface area (Å²) < 4.78 is 7.81. The summed E-state index contributed by atoms with van der Waals surface area (Å²) in [4.78, 5) is 34.9. The minimum absolute atomic E-state index is 0.261. The van der Waals surface area contributed by atoms with Gasteiger partial charge in [-0.15, -0.1) is 11.3 Å². The Hall–Kier alpha value is -4.50. The van der Waals surface area contributed by atoms with E-state index in [4.69, 9.17) is 4.74 Å². The second-order valence-corrected chi connectivity index (χ2v) is 9.18. The molecule has 2 amide bonds. The molecule has 0 fully saturated rings. The highest BCUT2D eigenvalue weighted by molar-refractivity contribution is 7.17. The molecule has 0 aliphatic heterocycles. The van der Waals surface area contributed by atoms with Crippen LogP contribution in [0.5, 0.6) is 5.75 Å². The van der Waals surface area contributed by atoms with Crippen LogP contribution in [0, 0.1) is 13.8 Å². The van der Waals surface area contributed by atoms with E-state index in [0.717, 1.165) is 27.5 Å². The van der Waals surface area contributed by atoms with Crippen molar-refractivity contribution in [3.63, 3.8) is 0 Å². The molecule has 0 unspecified atom stereocenters. The molecule has 0 aliphatic rings. The zero-order valence-corrected chi connectivity index (χ0v) is 20.5. The van der Waals surface area contributed by atoms with Crippen molar-refractivity contribution >= 4 is 28.8 Å². The number of aryl methyl sites for hydroxylation is 2. The molecule has 0 atom stereocenters. The number of hydrazine groups is 1. The standard InChI is InChI=1S/C27H23N5O3S/c1-17-8-7-13-32-15-21(29-24(17)32)16-35-22-12-6-11-20(14-22)25(33)30-31-26(34)23-18(2)28-27(36-23)19-9-4-3-5-10-19/h3-15H,16H2,1-2H3,(H,30,33)(H,31,34). The number of pyridine rings is 1. The van der Waals surface area contributed by atoms with Gasteiger partial charge in [0.1, 0.15) is 27.9 Å². The molecule has 2 aromatic carbocycles. The van der Waals surface area contributed by atoms with Crippen molar-refractivity contribution in [2.24, 2.45) is 0 Å². The van der Waals surface area contributed by atoms with Crippen molar-refractivity contribution in [1.82, 2.24) is 25.2 Å². The van der Waals surface area contributed by atoms with Gasteiger partial charge in [0.05, 0.1) is 11.4 Å². The summed E-state index contributed by atoms with van der Waals surface area (Å²) in [5, 5.41) is 0.746. The number of nitrogens with one attached hydrogen (secondary N) is 2. The number of nitrogens with zero attached hydrogens (tertiary/aromatic N) is 3. The van der Waals surface area contributed by atoms with Gasteiger partial charge in [-0.05, 0) is 43.7 Å². The zero-order chi connectivity index (χ0) is 25.1. The third kappa shape index (κ3) is 4.96. The normalized spacial score (nSPS) is 10.8. The van der Waals surface area contributed by atoms with Crippen molar-refractivity contribution < 1.29 is 14.3 Å². The number of amides is 2. The van der Waals surface area contributed by atoms with Gasteiger partial charge in [0, 0.05) is 23.5 Å². The molecule has 8 nitrogen and oxygen atoms in total. The lowest BCUT2D eigenvalue weighted by Crippen LogP contribution is -2.41. The zero-order valence-electron chi connectivity index (χ0n) is 19.7. The first-order chi connectivity index (χ1) is 17.5. The van der Waals surface area contributed by atoms with Gasteiger partial charge in [0.15, 0.2) is 0 Å². The van der Waals surface area contributed by atoms with Crippen LogP contribution in [0.2, 0.25) is 0 Å². The Balaban J connectivity index is 1.20. The Morgan fingerprint density at radius 1 is 0.944 bits per heavy atom. The van der Waals surface area contributed by atoms with E-state index in [2.05, 4.69) is 20.8 Å². The van der Waals surface area contributed by atoms with Gasteiger partial charge >= 0.3 is 0 Å². The number of thiazole rings is 1. The van der Waals surface area contributed by atoms with Crippen LogP contribution in [0.3, 0.4) is 0 Å². The molecule has 180 valence electrons. The van der Waals surface area contributed by atoms with Crippen molar-refractivity contribution in [1.29, 1.82) is 0 Å². The third-order valence-corrected chi connectivity index (χ3v) is 6.73. The van der Waals surface area contributed by atoms with Crippen LogP contribution in [0.4, 0.5) is 0 Å². The van der Waals surface area contributed by atoms with E-state index in [1.54, 1.807) is 31.2 Å². The monoisotopic (exact) mass is 497 g/mol. The minimum Gasteiger partial charge on any atom is -0.487 e. The lowest BCUT2D eigenvalue weighted by atomic mass is 10.2. The molecule has 3 aromatic heterocycles. The molecule has 0 radical (unpaired) electrons. The molecule has 5 rings (SSSR count). The van der Waals surface area contributed by atoms with E-state index in [-0.39, 0.29) is 6.61 Å². The maximum absolute atomic E-state index is 12.7. The van der Waals surface area contributed by atoms with E-state index in [1.807, 2.05) is 66.2 Å². The fourth-order valence-electron chi connectivity index (χ4n) is 3.71. The predicted octanol–water partition coefficient (Wildman–Crippen LogP) is 4.73. The highest BCUT2D eigenvalue weighted by atomic mass is 32.1. The van der Waals surface area contributed by atoms with Gasteiger partial charge in [-0.3, -0.25) is 20.4 Å². The van der Waals surface area contributed by atoms with Crippen LogP contribution >= 0.6 is 11.3 Å². The molecule has 0 bridgehead atoms. The molecule has 9 heteroatoms. The lowest BCUT2D eigenvalue weighted by molar-refractivity contribution is 0.0848. The van der Waals surface area contributed by atoms with Gasteiger partial charge < -0.3 is 9.14 Å². The van der Waals surface area contributed by atoms with E-state index < -0.39 is 11.8 Å². The number of carbonyl (C=O) groups excluding carboxylic acids is 2. The summed E-state index contributed by atoms with van der Waals surface area (Å²) in [5.74, 6) is -0.355. The number of benzene rings is 2. The van der Waals surface area contributed by atoms with Crippen molar-refractivity contribution in [2.45, 2.75) is 20.5 Å². The van der Waals surface area contributed by atoms with Crippen LogP contribution in [0.1, 0.15) is 37.0 Å². The minimum atomic E-state index is -0.456. The number of rotatable bonds is 6. The first-order valence-electron chi connectivity index (χ1n) is 11.3. The summed E-state index contributed by atoms with van der Waals surface area (Å²) in [5.41, 5.74) is 9.57. The average Bonchev–Trinajstić information content (AvgIpc) is 3.51. The number of hydrogen-bond donors (Lipinski definition) is 2. The first-order valence-corrected chi connectivity index (χ1v) is 12.1. The van der Waals surface area contributed by atoms with Gasteiger partial charge in [0.2, 0.25) is 0 Å². The molecular formula is C27H23N5O3S. The molecule has 3 heterocycles. The van der Waals surface area contributed by atoms with Gasteiger partial charge in [-0.1, -0.05) is 42.5 Å². The Labute approximate surface area is 211 Å². The fraction of sp³-hybridized carbons (Fsp3) is 0.111. The Morgan fingerprint density at radius 3 is 2.56 bits per heavy atom.